The Bertz CT molecular complexity index is 925. The predicted molar refractivity (Wildman–Crippen MR) is 110 cm³/mol. The van der Waals surface area contributed by atoms with E-state index in [0.717, 1.165) is 6.42 Å². The topological polar surface area (TPSA) is 129 Å². The van der Waals surface area contributed by atoms with Crippen LogP contribution in [0, 0.1) is 5.92 Å². The molecule has 0 bridgehead atoms. The van der Waals surface area contributed by atoms with Gasteiger partial charge in [0.1, 0.15) is 5.92 Å². The molecule has 4 N–H and O–H groups in total. The van der Waals surface area contributed by atoms with Crippen molar-refractivity contribution in [1.82, 2.24) is 10.3 Å². The van der Waals surface area contributed by atoms with Crippen molar-refractivity contribution in [3.8, 4) is 0 Å². The number of rotatable bonds is 6. The minimum absolute atomic E-state index is 0.0454. The number of benzene rings is 1. The molecular weight excluding hydrogens is 394 g/mol. The molecule has 10 heteroatoms. The number of anilines is 3. The van der Waals surface area contributed by atoms with Crippen LogP contribution in [0.2, 0.25) is 0 Å². The van der Waals surface area contributed by atoms with E-state index in [1.165, 1.54) is 18.3 Å². The highest BCUT2D eigenvalue weighted by molar-refractivity contribution is 7.14. The first-order chi connectivity index (χ1) is 13.9. The molecule has 29 heavy (non-hydrogen) atoms. The number of amides is 4. The number of nitrogens with zero attached hydrogens (tertiary/aromatic N) is 1. The van der Waals surface area contributed by atoms with Crippen LogP contribution in [0.1, 0.15) is 25.5 Å². The maximum absolute atomic E-state index is 12.2. The van der Waals surface area contributed by atoms with Gasteiger partial charge in [-0.3, -0.25) is 19.2 Å². The molecule has 0 aliphatic carbocycles. The molecule has 1 aliphatic rings. The summed E-state index contributed by atoms with van der Waals surface area (Å²) in [4.78, 5) is 51.5. The van der Waals surface area contributed by atoms with Crippen molar-refractivity contribution in [2.45, 2.75) is 26.2 Å². The first-order valence-corrected chi connectivity index (χ1v) is 9.99. The van der Waals surface area contributed by atoms with E-state index in [1.807, 2.05) is 0 Å². The molecular formula is C19H21N5O4S. The van der Waals surface area contributed by atoms with Crippen molar-refractivity contribution in [3.05, 3.63) is 35.3 Å². The number of hydrogen-bond acceptors (Lipinski definition) is 6. The number of carbonyl (C=O) groups is 4. The third kappa shape index (κ3) is 5.85. The van der Waals surface area contributed by atoms with Gasteiger partial charge in [0.15, 0.2) is 5.13 Å². The summed E-state index contributed by atoms with van der Waals surface area (Å²) in [7, 11) is 0. The SMILES string of the molecule is CC(=O)Nc1ccc(NC(=O)Cc2csc(NC(=O)C3CCCNC3=O)n2)cc1. The van der Waals surface area contributed by atoms with E-state index >= 15 is 0 Å². The quantitative estimate of drug-likeness (QED) is 0.534. The van der Waals surface area contributed by atoms with Crippen LogP contribution in [0.25, 0.3) is 0 Å². The van der Waals surface area contributed by atoms with Gasteiger partial charge in [0, 0.05) is 30.2 Å². The van der Waals surface area contributed by atoms with Gasteiger partial charge < -0.3 is 21.3 Å². The van der Waals surface area contributed by atoms with Gasteiger partial charge in [-0.15, -0.1) is 11.3 Å². The second-order valence-corrected chi connectivity index (χ2v) is 7.46. The van der Waals surface area contributed by atoms with E-state index in [0.29, 0.717) is 35.2 Å². The van der Waals surface area contributed by atoms with Crippen molar-refractivity contribution in [1.29, 1.82) is 0 Å². The Hall–Kier alpha value is -3.27. The smallest absolute Gasteiger partial charge is 0.238 e. The van der Waals surface area contributed by atoms with Gasteiger partial charge >= 0.3 is 0 Å². The lowest BCUT2D eigenvalue weighted by Gasteiger charge is -2.20. The molecule has 1 fully saturated rings. The van der Waals surface area contributed by atoms with Crippen LogP contribution in [-0.2, 0) is 25.6 Å². The summed E-state index contributed by atoms with van der Waals surface area (Å²) >= 11 is 1.20. The monoisotopic (exact) mass is 415 g/mol. The maximum atomic E-state index is 12.2. The van der Waals surface area contributed by atoms with Gasteiger partial charge in [-0.1, -0.05) is 0 Å². The zero-order chi connectivity index (χ0) is 20.8. The molecule has 1 aromatic carbocycles. The molecule has 1 aromatic heterocycles. The van der Waals surface area contributed by atoms with E-state index in [-0.39, 0.29) is 30.0 Å². The summed E-state index contributed by atoms with van der Waals surface area (Å²) < 4.78 is 0. The van der Waals surface area contributed by atoms with Gasteiger partial charge in [0.25, 0.3) is 0 Å². The fourth-order valence-electron chi connectivity index (χ4n) is 2.87. The summed E-state index contributed by atoms with van der Waals surface area (Å²) in [6.07, 6.45) is 1.32. The Morgan fingerprint density at radius 1 is 1.14 bits per heavy atom. The van der Waals surface area contributed by atoms with Crippen LogP contribution < -0.4 is 21.3 Å². The van der Waals surface area contributed by atoms with E-state index in [4.69, 9.17) is 0 Å². The molecule has 0 saturated carbocycles. The van der Waals surface area contributed by atoms with E-state index in [1.54, 1.807) is 29.6 Å². The van der Waals surface area contributed by atoms with E-state index < -0.39 is 5.92 Å². The van der Waals surface area contributed by atoms with Crippen LogP contribution in [0.3, 0.4) is 0 Å². The minimum Gasteiger partial charge on any atom is -0.355 e. The lowest BCUT2D eigenvalue weighted by molar-refractivity contribution is -0.134. The zero-order valence-corrected chi connectivity index (χ0v) is 16.6. The van der Waals surface area contributed by atoms with Crippen LogP contribution in [0.4, 0.5) is 16.5 Å². The van der Waals surface area contributed by atoms with Gasteiger partial charge in [0.05, 0.1) is 12.1 Å². The van der Waals surface area contributed by atoms with Crippen LogP contribution >= 0.6 is 11.3 Å². The Morgan fingerprint density at radius 3 is 2.48 bits per heavy atom. The number of hydrogen-bond donors (Lipinski definition) is 4. The minimum atomic E-state index is -0.708. The summed E-state index contributed by atoms with van der Waals surface area (Å²) in [5, 5.41) is 12.8. The lowest BCUT2D eigenvalue weighted by atomic mass is 9.98. The van der Waals surface area contributed by atoms with Gasteiger partial charge in [-0.2, -0.15) is 0 Å². The van der Waals surface area contributed by atoms with E-state index in [2.05, 4.69) is 26.3 Å². The molecule has 1 saturated heterocycles. The summed E-state index contributed by atoms with van der Waals surface area (Å²) in [6, 6.07) is 6.75. The van der Waals surface area contributed by atoms with Crippen molar-refractivity contribution in [2.75, 3.05) is 22.5 Å². The fraction of sp³-hybridized carbons (Fsp3) is 0.316. The summed E-state index contributed by atoms with van der Waals surface area (Å²) in [5.74, 6) is -1.79. The van der Waals surface area contributed by atoms with Gasteiger partial charge in [-0.25, -0.2) is 4.98 Å². The lowest BCUT2D eigenvalue weighted by Crippen LogP contribution is -2.42. The molecule has 9 nitrogen and oxygen atoms in total. The molecule has 1 unspecified atom stereocenters. The van der Waals surface area contributed by atoms with Crippen molar-refractivity contribution in [2.24, 2.45) is 5.92 Å². The molecule has 2 aromatic rings. The normalized spacial score (nSPS) is 15.9. The highest BCUT2D eigenvalue weighted by atomic mass is 32.1. The maximum Gasteiger partial charge on any atom is 0.238 e. The van der Waals surface area contributed by atoms with E-state index in [9.17, 15) is 19.2 Å². The molecule has 4 amide bonds. The summed E-state index contributed by atoms with van der Waals surface area (Å²) in [6.45, 7) is 2.01. The number of carbonyl (C=O) groups excluding carboxylic acids is 4. The van der Waals surface area contributed by atoms with Gasteiger partial charge in [-0.05, 0) is 37.1 Å². The number of aromatic nitrogens is 1. The Morgan fingerprint density at radius 2 is 1.83 bits per heavy atom. The zero-order valence-electron chi connectivity index (χ0n) is 15.8. The average Bonchev–Trinajstić information content (AvgIpc) is 3.09. The first kappa shape index (κ1) is 20.5. The Balaban J connectivity index is 1.51. The second-order valence-electron chi connectivity index (χ2n) is 6.60. The van der Waals surface area contributed by atoms with Crippen molar-refractivity contribution in [3.63, 3.8) is 0 Å². The highest BCUT2D eigenvalue weighted by Gasteiger charge is 2.29. The van der Waals surface area contributed by atoms with Crippen LogP contribution in [-0.4, -0.2) is 35.2 Å². The summed E-state index contributed by atoms with van der Waals surface area (Å²) in [5.41, 5.74) is 1.75. The Labute approximate surface area is 171 Å². The van der Waals surface area contributed by atoms with Crippen molar-refractivity contribution < 1.29 is 19.2 Å². The first-order valence-electron chi connectivity index (χ1n) is 9.11. The predicted octanol–water partition coefficient (Wildman–Crippen LogP) is 1.75. The molecule has 1 aliphatic heterocycles. The standard InChI is InChI=1S/C19H21N5O4S/c1-11(25)21-12-4-6-13(7-5-12)22-16(26)9-14-10-29-19(23-14)24-18(28)15-3-2-8-20-17(15)27/h4-7,10,15H,2-3,8-9H2,1H3,(H,20,27)(H,21,25)(H,22,26)(H,23,24,28). The highest BCUT2D eigenvalue weighted by Crippen LogP contribution is 2.20. The second kappa shape index (κ2) is 9.28. The van der Waals surface area contributed by atoms with Gasteiger partial charge in [0.2, 0.25) is 23.6 Å². The van der Waals surface area contributed by atoms with Crippen molar-refractivity contribution >= 4 is 51.5 Å². The third-order valence-corrected chi connectivity index (χ3v) is 5.02. The van der Waals surface area contributed by atoms with Crippen LogP contribution in [0.5, 0.6) is 0 Å². The molecule has 0 radical (unpaired) electrons. The number of thiazole rings is 1. The largest absolute Gasteiger partial charge is 0.355 e. The van der Waals surface area contributed by atoms with Crippen LogP contribution in [0.15, 0.2) is 29.6 Å². The molecule has 0 spiro atoms. The Kier molecular flexibility index (Phi) is 6.55. The third-order valence-electron chi connectivity index (χ3n) is 4.21. The average molecular weight is 415 g/mol. The molecule has 2 heterocycles. The molecule has 152 valence electrons. The number of piperidine rings is 1. The number of nitrogens with one attached hydrogen (secondary N) is 4. The molecule has 3 rings (SSSR count). The fourth-order valence-corrected chi connectivity index (χ4v) is 3.58. The molecule has 1 atom stereocenters.